The molecule has 2 aromatic carbocycles. The van der Waals surface area contributed by atoms with Crippen LogP contribution in [0.1, 0.15) is 47.2 Å². The number of carbonyl (C=O) groups excluding carboxylic acids is 1. The Morgan fingerprint density at radius 1 is 1.03 bits per heavy atom. The number of sulfonamides is 1. The van der Waals surface area contributed by atoms with Crippen LogP contribution in [0.4, 0.5) is 5.69 Å². The molecule has 29 heavy (non-hydrogen) atoms. The molecule has 1 aliphatic rings. The van der Waals surface area contributed by atoms with E-state index in [9.17, 15) is 13.2 Å². The third-order valence-corrected chi connectivity index (χ3v) is 6.52. The summed E-state index contributed by atoms with van der Waals surface area (Å²) in [5.41, 5.74) is 3.08. The average molecular weight is 414 g/mol. The lowest BCUT2D eigenvalue weighted by Crippen LogP contribution is -2.26. The van der Waals surface area contributed by atoms with Crippen LogP contribution in [0.5, 0.6) is 0 Å². The molecule has 3 rings (SSSR count). The fraction of sp³-hybridized carbons (Fsp3) is 0.364. The first-order valence-corrected chi connectivity index (χ1v) is 11.2. The Balaban J connectivity index is 1.82. The van der Waals surface area contributed by atoms with E-state index in [1.165, 1.54) is 12.1 Å². The molecular formula is C22H27N3O3S. The lowest BCUT2D eigenvalue weighted by molar-refractivity contribution is 0.102. The normalized spacial score (nSPS) is 16.5. The molecule has 0 radical (unpaired) electrons. The van der Waals surface area contributed by atoms with Gasteiger partial charge in [-0.3, -0.25) is 4.79 Å². The van der Waals surface area contributed by atoms with E-state index < -0.39 is 10.0 Å². The number of benzene rings is 2. The van der Waals surface area contributed by atoms with Gasteiger partial charge in [-0.25, -0.2) is 0 Å². The number of nitrogens with zero attached hydrogens (tertiary/aromatic N) is 2. The number of aryl methyl sites for hydroxylation is 2. The summed E-state index contributed by atoms with van der Waals surface area (Å²) in [6, 6.07) is 11.7. The van der Waals surface area contributed by atoms with Crippen LogP contribution in [0, 0.1) is 13.8 Å². The van der Waals surface area contributed by atoms with Gasteiger partial charge in [0.1, 0.15) is 5.84 Å². The van der Waals surface area contributed by atoms with Crippen molar-refractivity contribution in [1.82, 2.24) is 4.90 Å². The van der Waals surface area contributed by atoms with Crippen molar-refractivity contribution in [3.05, 3.63) is 59.2 Å². The van der Waals surface area contributed by atoms with Gasteiger partial charge in [-0.1, -0.05) is 18.6 Å². The lowest BCUT2D eigenvalue weighted by Gasteiger charge is -2.17. The van der Waals surface area contributed by atoms with Gasteiger partial charge in [0.05, 0.1) is 4.90 Å². The van der Waals surface area contributed by atoms with E-state index >= 15 is 0 Å². The molecule has 0 spiro atoms. The quantitative estimate of drug-likeness (QED) is 0.817. The third kappa shape index (κ3) is 5.23. The van der Waals surface area contributed by atoms with Gasteiger partial charge in [-0.05, 0) is 68.1 Å². The second kappa shape index (κ2) is 8.78. The van der Waals surface area contributed by atoms with Crippen LogP contribution < -0.4 is 5.32 Å². The molecule has 154 valence electrons. The molecule has 0 aliphatic carbocycles. The molecule has 6 nitrogen and oxygen atoms in total. The molecule has 0 bridgehead atoms. The lowest BCUT2D eigenvalue weighted by atomic mass is 10.1. The molecule has 0 unspecified atom stereocenters. The highest BCUT2D eigenvalue weighted by Crippen LogP contribution is 2.21. The van der Waals surface area contributed by atoms with E-state index in [2.05, 4.69) is 9.71 Å². The van der Waals surface area contributed by atoms with Crippen LogP contribution in [-0.2, 0) is 10.0 Å². The minimum Gasteiger partial charge on any atom is -0.362 e. The van der Waals surface area contributed by atoms with E-state index in [-0.39, 0.29) is 10.8 Å². The zero-order valence-corrected chi connectivity index (χ0v) is 17.9. The minimum absolute atomic E-state index is 0.0699. The maximum Gasteiger partial charge on any atom is 0.284 e. The van der Waals surface area contributed by atoms with Crippen LogP contribution in [0.2, 0.25) is 0 Å². The van der Waals surface area contributed by atoms with Gasteiger partial charge in [0, 0.05) is 31.3 Å². The summed E-state index contributed by atoms with van der Waals surface area (Å²) in [7, 11) is -1.97. The van der Waals surface area contributed by atoms with Gasteiger partial charge in [-0.15, -0.1) is 4.40 Å². The predicted octanol–water partition coefficient (Wildman–Crippen LogP) is 4.15. The third-order valence-electron chi connectivity index (χ3n) is 5.22. The molecule has 1 N–H and O–H groups in total. The van der Waals surface area contributed by atoms with E-state index in [4.69, 9.17) is 0 Å². The van der Waals surface area contributed by atoms with Gasteiger partial charge >= 0.3 is 0 Å². The molecule has 0 aromatic heterocycles. The van der Waals surface area contributed by atoms with Crippen molar-refractivity contribution in [2.45, 2.75) is 44.4 Å². The number of hydrogen-bond acceptors (Lipinski definition) is 3. The summed E-state index contributed by atoms with van der Waals surface area (Å²) in [5, 5.41) is 2.78. The highest BCUT2D eigenvalue weighted by Gasteiger charge is 2.19. The Labute approximate surface area is 172 Å². The Morgan fingerprint density at radius 2 is 1.83 bits per heavy atom. The molecule has 1 fully saturated rings. The SMILES string of the molecule is Cc1ccc(C(=O)Nc2cccc(S(=O)(=O)/N=C3\CCCCCN3C)c2)cc1C. The number of carbonyl (C=O) groups is 1. The summed E-state index contributed by atoms with van der Waals surface area (Å²) < 4.78 is 29.7. The summed E-state index contributed by atoms with van der Waals surface area (Å²) >= 11 is 0. The number of amidine groups is 1. The van der Waals surface area contributed by atoms with Crippen molar-refractivity contribution >= 4 is 27.5 Å². The van der Waals surface area contributed by atoms with Crippen molar-refractivity contribution in [3.8, 4) is 0 Å². The smallest absolute Gasteiger partial charge is 0.284 e. The molecule has 2 aromatic rings. The maximum absolute atomic E-state index is 12.8. The summed E-state index contributed by atoms with van der Waals surface area (Å²) in [6.45, 7) is 4.74. The second-order valence-electron chi connectivity index (χ2n) is 7.50. The predicted molar refractivity (Wildman–Crippen MR) is 116 cm³/mol. The van der Waals surface area contributed by atoms with E-state index in [0.29, 0.717) is 23.5 Å². The van der Waals surface area contributed by atoms with E-state index in [1.54, 1.807) is 18.2 Å². The van der Waals surface area contributed by atoms with Crippen molar-refractivity contribution in [2.75, 3.05) is 18.9 Å². The highest BCUT2D eigenvalue weighted by molar-refractivity contribution is 7.90. The van der Waals surface area contributed by atoms with Crippen LogP contribution in [0.3, 0.4) is 0 Å². The minimum atomic E-state index is -3.85. The van der Waals surface area contributed by atoms with Crippen molar-refractivity contribution in [1.29, 1.82) is 0 Å². The van der Waals surface area contributed by atoms with E-state index in [1.807, 2.05) is 37.9 Å². The van der Waals surface area contributed by atoms with Crippen LogP contribution in [0.25, 0.3) is 0 Å². The molecule has 1 aliphatic heterocycles. The number of anilines is 1. The average Bonchev–Trinajstić information content (AvgIpc) is 2.88. The zero-order chi connectivity index (χ0) is 21.0. The monoisotopic (exact) mass is 413 g/mol. The molecule has 7 heteroatoms. The topological polar surface area (TPSA) is 78.8 Å². The van der Waals surface area contributed by atoms with Crippen molar-refractivity contribution < 1.29 is 13.2 Å². The van der Waals surface area contributed by atoms with Gasteiger partial charge in [0.2, 0.25) is 0 Å². The first-order chi connectivity index (χ1) is 13.8. The summed E-state index contributed by atoms with van der Waals surface area (Å²) in [6.07, 6.45) is 3.70. The fourth-order valence-electron chi connectivity index (χ4n) is 3.26. The summed E-state index contributed by atoms with van der Waals surface area (Å²) in [5.74, 6) is 0.310. The van der Waals surface area contributed by atoms with Crippen molar-refractivity contribution in [2.24, 2.45) is 4.40 Å². The molecule has 1 amide bonds. The number of rotatable bonds is 4. The largest absolute Gasteiger partial charge is 0.362 e. The van der Waals surface area contributed by atoms with Crippen LogP contribution >= 0.6 is 0 Å². The van der Waals surface area contributed by atoms with Gasteiger partial charge in [0.15, 0.2) is 0 Å². The van der Waals surface area contributed by atoms with Crippen LogP contribution in [-0.4, -0.2) is 38.7 Å². The number of hydrogen-bond donors (Lipinski definition) is 1. The second-order valence-corrected chi connectivity index (χ2v) is 9.10. The Morgan fingerprint density at radius 3 is 2.59 bits per heavy atom. The molecule has 1 saturated heterocycles. The molecule has 0 atom stereocenters. The standard InChI is InChI=1S/C22H27N3O3S/c1-16-11-12-18(14-17(16)2)22(26)23-19-8-7-9-20(15-19)29(27,28)24-21-10-5-4-6-13-25(21)3/h7-9,11-12,14-15H,4-6,10,13H2,1-3H3,(H,23,26)/b24-21+. The van der Waals surface area contributed by atoms with Crippen LogP contribution in [0.15, 0.2) is 51.8 Å². The molecular weight excluding hydrogens is 386 g/mol. The zero-order valence-electron chi connectivity index (χ0n) is 17.1. The fourth-order valence-corrected chi connectivity index (χ4v) is 4.40. The molecule has 1 heterocycles. The summed E-state index contributed by atoms with van der Waals surface area (Å²) in [4.78, 5) is 14.5. The Bertz CT molecular complexity index is 1050. The first-order valence-electron chi connectivity index (χ1n) is 9.80. The van der Waals surface area contributed by atoms with Gasteiger partial charge in [0.25, 0.3) is 15.9 Å². The number of amides is 1. The first kappa shape index (κ1) is 21.0. The van der Waals surface area contributed by atoms with E-state index in [0.717, 1.165) is 36.9 Å². The maximum atomic E-state index is 12.8. The Hall–Kier alpha value is -2.67. The van der Waals surface area contributed by atoms with Crippen molar-refractivity contribution in [3.63, 3.8) is 0 Å². The number of nitrogens with one attached hydrogen (secondary N) is 1. The highest BCUT2D eigenvalue weighted by atomic mass is 32.2. The van der Waals surface area contributed by atoms with Gasteiger partial charge in [-0.2, -0.15) is 8.42 Å². The number of likely N-dealkylation sites (tertiary alicyclic amines) is 1. The molecule has 0 saturated carbocycles. The van der Waals surface area contributed by atoms with Gasteiger partial charge < -0.3 is 10.2 Å². The Kier molecular flexibility index (Phi) is 6.37.